The van der Waals surface area contributed by atoms with E-state index in [0.717, 1.165) is 29.2 Å². The highest BCUT2D eigenvalue weighted by molar-refractivity contribution is 8.00. The van der Waals surface area contributed by atoms with Crippen LogP contribution < -0.4 is 4.90 Å². The molecule has 1 aromatic heterocycles. The average molecular weight is 375 g/mol. The summed E-state index contributed by atoms with van der Waals surface area (Å²) in [4.78, 5) is 16.8. The maximum Gasteiger partial charge on any atom is 0.236 e. The molecule has 1 heterocycles. The largest absolute Gasteiger partial charge is 0.378 e. The van der Waals surface area contributed by atoms with Gasteiger partial charge in [0, 0.05) is 32.9 Å². The highest BCUT2D eigenvalue weighted by atomic mass is 32.2. The Kier molecular flexibility index (Phi) is 5.80. The number of tetrazole rings is 1. The molecule has 3 rings (SSSR count). The van der Waals surface area contributed by atoms with Gasteiger partial charge in [-0.05, 0) is 54.8 Å². The summed E-state index contributed by atoms with van der Waals surface area (Å²) in [6.45, 7) is 5.22. The second-order valence-corrected chi connectivity index (χ2v) is 8.12. The number of anilines is 1. The molecule has 1 aromatic carbocycles. The summed E-state index contributed by atoms with van der Waals surface area (Å²) in [5.74, 6) is 0.111. The van der Waals surface area contributed by atoms with Crippen LogP contribution in [-0.4, -0.2) is 56.9 Å². The monoisotopic (exact) mass is 374 g/mol. The Morgan fingerprint density at radius 3 is 2.58 bits per heavy atom. The van der Waals surface area contributed by atoms with Gasteiger partial charge in [-0.15, -0.1) is 5.10 Å². The Balaban J connectivity index is 1.62. The van der Waals surface area contributed by atoms with Crippen LogP contribution in [0.5, 0.6) is 0 Å². The number of benzene rings is 1. The maximum atomic E-state index is 12.9. The molecule has 140 valence electrons. The van der Waals surface area contributed by atoms with E-state index in [0.29, 0.717) is 19.1 Å². The standard InChI is InChI=1S/C18H26N6OS/c1-5-23(12-14-6-8-15(9-7-14)22(3)4)17(25)13(2)26-18-19-20-21-24(18)16-10-11-16/h6-9,13,16H,5,10-12H2,1-4H3/t13-/m0/s1. The van der Waals surface area contributed by atoms with Crippen molar-refractivity contribution in [3.05, 3.63) is 29.8 Å². The molecule has 26 heavy (non-hydrogen) atoms. The van der Waals surface area contributed by atoms with Crippen LogP contribution in [0, 0.1) is 0 Å². The molecular weight excluding hydrogens is 348 g/mol. The second-order valence-electron chi connectivity index (χ2n) is 6.81. The first-order valence-corrected chi connectivity index (χ1v) is 9.87. The smallest absolute Gasteiger partial charge is 0.236 e. The Bertz CT molecular complexity index is 740. The minimum atomic E-state index is -0.223. The number of aromatic nitrogens is 4. The van der Waals surface area contributed by atoms with Gasteiger partial charge in [0.2, 0.25) is 11.1 Å². The summed E-state index contributed by atoms with van der Waals surface area (Å²) >= 11 is 1.44. The summed E-state index contributed by atoms with van der Waals surface area (Å²) < 4.78 is 1.85. The van der Waals surface area contributed by atoms with E-state index in [1.807, 2.05) is 37.5 Å². The van der Waals surface area contributed by atoms with Crippen molar-refractivity contribution in [1.82, 2.24) is 25.1 Å². The van der Waals surface area contributed by atoms with E-state index in [2.05, 4.69) is 44.7 Å². The van der Waals surface area contributed by atoms with Crippen LogP contribution in [0.15, 0.2) is 29.4 Å². The zero-order valence-electron chi connectivity index (χ0n) is 15.8. The molecule has 1 amide bonds. The Labute approximate surface area is 158 Å². The number of carbonyl (C=O) groups is 1. The number of rotatable bonds is 8. The van der Waals surface area contributed by atoms with E-state index in [4.69, 9.17) is 0 Å². The maximum absolute atomic E-state index is 12.9. The predicted octanol–water partition coefficient (Wildman–Crippen LogP) is 2.60. The van der Waals surface area contributed by atoms with Crippen molar-refractivity contribution in [1.29, 1.82) is 0 Å². The van der Waals surface area contributed by atoms with Crippen molar-refractivity contribution in [2.45, 2.75) is 49.7 Å². The summed E-state index contributed by atoms with van der Waals surface area (Å²) in [5, 5.41) is 12.4. The van der Waals surface area contributed by atoms with Crippen LogP contribution in [0.3, 0.4) is 0 Å². The van der Waals surface area contributed by atoms with Crippen LogP contribution in [0.1, 0.15) is 38.3 Å². The molecule has 1 saturated carbocycles. The molecule has 0 spiro atoms. The van der Waals surface area contributed by atoms with Gasteiger partial charge in [0.1, 0.15) is 0 Å². The Morgan fingerprint density at radius 2 is 2.00 bits per heavy atom. The molecular formula is C18H26N6OS. The number of nitrogens with zero attached hydrogens (tertiary/aromatic N) is 6. The summed E-state index contributed by atoms with van der Waals surface area (Å²) in [6.07, 6.45) is 2.23. The van der Waals surface area contributed by atoms with Crippen LogP contribution in [0.2, 0.25) is 0 Å². The van der Waals surface area contributed by atoms with Crippen LogP contribution in [-0.2, 0) is 11.3 Å². The van der Waals surface area contributed by atoms with Gasteiger partial charge in [0.15, 0.2) is 0 Å². The lowest BCUT2D eigenvalue weighted by Crippen LogP contribution is -2.36. The predicted molar refractivity (Wildman–Crippen MR) is 103 cm³/mol. The van der Waals surface area contributed by atoms with Gasteiger partial charge >= 0.3 is 0 Å². The fourth-order valence-corrected chi connectivity index (χ4v) is 3.69. The number of hydrogen-bond acceptors (Lipinski definition) is 6. The molecule has 0 N–H and O–H groups in total. The van der Waals surface area contributed by atoms with Gasteiger partial charge < -0.3 is 9.80 Å². The third kappa shape index (κ3) is 4.35. The van der Waals surface area contributed by atoms with Crippen molar-refractivity contribution in [3.63, 3.8) is 0 Å². The molecule has 8 heteroatoms. The minimum absolute atomic E-state index is 0.111. The quantitative estimate of drug-likeness (QED) is 0.662. The van der Waals surface area contributed by atoms with E-state index in [9.17, 15) is 4.79 Å². The summed E-state index contributed by atoms with van der Waals surface area (Å²) in [6, 6.07) is 8.73. The number of amides is 1. The van der Waals surface area contributed by atoms with Crippen LogP contribution >= 0.6 is 11.8 Å². The first kappa shape index (κ1) is 18.7. The molecule has 2 aromatic rings. The molecule has 1 aliphatic carbocycles. The van der Waals surface area contributed by atoms with E-state index in [-0.39, 0.29) is 11.2 Å². The molecule has 7 nitrogen and oxygen atoms in total. The summed E-state index contributed by atoms with van der Waals surface area (Å²) in [5.41, 5.74) is 2.28. The van der Waals surface area contributed by atoms with Crippen molar-refractivity contribution >= 4 is 23.4 Å². The summed E-state index contributed by atoms with van der Waals surface area (Å²) in [7, 11) is 4.04. The van der Waals surface area contributed by atoms with Crippen LogP contribution in [0.25, 0.3) is 0 Å². The molecule has 0 saturated heterocycles. The van der Waals surface area contributed by atoms with Gasteiger partial charge in [0.25, 0.3) is 0 Å². The van der Waals surface area contributed by atoms with Crippen LogP contribution in [0.4, 0.5) is 5.69 Å². The van der Waals surface area contributed by atoms with Crippen molar-refractivity contribution in [3.8, 4) is 0 Å². The minimum Gasteiger partial charge on any atom is -0.378 e. The van der Waals surface area contributed by atoms with E-state index in [1.165, 1.54) is 11.8 Å². The lowest BCUT2D eigenvalue weighted by molar-refractivity contribution is -0.130. The zero-order chi connectivity index (χ0) is 18.7. The molecule has 1 atom stereocenters. The second kappa shape index (κ2) is 8.07. The normalized spacial score (nSPS) is 14.9. The van der Waals surface area contributed by atoms with Crippen molar-refractivity contribution in [2.24, 2.45) is 0 Å². The molecule has 0 bridgehead atoms. The van der Waals surface area contributed by atoms with Gasteiger partial charge in [-0.2, -0.15) is 0 Å². The molecule has 0 aliphatic heterocycles. The van der Waals surface area contributed by atoms with Crippen molar-refractivity contribution in [2.75, 3.05) is 25.5 Å². The van der Waals surface area contributed by atoms with E-state index in [1.54, 1.807) is 0 Å². The first-order valence-electron chi connectivity index (χ1n) is 8.99. The fourth-order valence-electron chi connectivity index (χ4n) is 2.74. The SMILES string of the molecule is CCN(Cc1ccc(N(C)C)cc1)C(=O)[C@H](C)Sc1nnnn1C1CC1. The molecule has 1 fully saturated rings. The zero-order valence-corrected chi connectivity index (χ0v) is 16.6. The Hall–Kier alpha value is -2.09. The molecule has 0 unspecified atom stereocenters. The number of hydrogen-bond donors (Lipinski definition) is 0. The third-order valence-corrected chi connectivity index (χ3v) is 5.54. The van der Waals surface area contributed by atoms with Gasteiger partial charge in [-0.1, -0.05) is 23.9 Å². The number of thioether (sulfide) groups is 1. The lowest BCUT2D eigenvalue weighted by atomic mass is 10.2. The highest BCUT2D eigenvalue weighted by Gasteiger charge is 2.30. The number of carbonyl (C=O) groups excluding carboxylic acids is 1. The lowest BCUT2D eigenvalue weighted by Gasteiger charge is -2.24. The van der Waals surface area contributed by atoms with Gasteiger partial charge in [-0.3, -0.25) is 4.79 Å². The average Bonchev–Trinajstić information content (AvgIpc) is 3.38. The van der Waals surface area contributed by atoms with Crippen molar-refractivity contribution < 1.29 is 4.79 Å². The first-order chi connectivity index (χ1) is 12.5. The van der Waals surface area contributed by atoms with E-state index < -0.39 is 0 Å². The topological polar surface area (TPSA) is 67.2 Å². The molecule has 1 aliphatic rings. The molecule has 0 radical (unpaired) electrons. The third-order valence-electron chi connectivity index (χ3n) is 4.50. The highest BCUT2D eigenvalue weighted by Crippen LogP contribution is 2.37. The van der Waals surface area contributed by atoms with Gasteiger partial charge in [-0.25, -0.2) is 4.68 Å². The van der Waals surface area contributed by atoms with Gasteiger partial charge in [0.05, 0.1) is 11.3 Å². The Morgan fingerprint density at radius 1 is 1.31 bits per heavy atom. The fraction of sp³-hybridized carbons (Fsp3) is 0.556. The van der Waals surface area contributed by atoms with E-state index >= 15 is 0 Å².